The molecular formula is C13H18FNO3. The van der Waals surface area contributed by atoms with E-state index in [1.54, 1.807) is 19.1 Å². The molecule has 4 nitrogen and oxygen atoms in total. The smallest absolute Gasteiger partial charge is 0.216 e. The molecule has 0 aromatic heterocycles. The molecule has 100 valence electrons. The summed E-state index contributed by atoms with van der Waals surface area (Å²) in [4.78, 5) is 10.6. The number of aryl methyl sites for hydroxylation is 1. The van der Waals surface area contributed by atoms with Crippen molar-refractivity contribution >= 4 is 5.91 Å². The molecule has 0 aliphatic heterocycles. The molecule has 1 amide bonds. The van der Waals surface area contributed by atoms with Gasteiger partial charge in [-0.25, -0.2) is 4.39 Å². The Morgan fingerprint density at radius 3 is 2.67 bits per heavy atom. The first kappa shape index (κ1) is 14.6. The van der Waals surface area contributed by atoms with Crippen molar-refractivity contribution in [1.29, 1.82) is 0 Å². The highest BCUT2D eigenvalue weighted by Crippen LogP contribution is 2.20. The molecule has 0 saturated carbocycles. The number of hydrogen-bond acceptors (Lipinski definition) is 3. The lowest BCUT2D eigenvalue weighted by Crippen LogP contribution is -2.27. The lowest BCUT2D eigenvalue weighted by molar-refractivity contribution is -0.119. The van der Waals surface area contributed by atoms with Gasteiger partial charge in [0.2, 0.25) is 5.91 Å². The summed E-state index contributed by atoms with van der Waals surface area (Å²) in [6.45, 7) is 3.26. The highest BCUT2D eigenvalue weighted by molar-refractivity contribution is 5.72. The van der Waals surface area contributed by atoms with Crippen LogP contribution in [0.15, 0.2) is 18.2 Å². The minimum Gasteiger partial charge on any atom is -0.390 e. The first-order chi connectivity index (χ1) is 8.41. The fourth-order valence-corrected chi connectivity index (χ4v) is 1.57. The zero-order valence-corrected chi connectivity index (χ0v) is 10.5. The van der Waals surface area contributed by atoms with E-state index in [2.05, 4.69) is 5.32 Å². The van der Waals surface area contributed by atoms with Crippen LogP contribution in [0.4, 0.5) is 4.39 Å². The lowest BCUT2D eigenvalue weighted by Gasteiger charge is -2.18. The van der Waals surface area contributed by atoms with Gasteiger partial charge >= 0.3 is 0 Å². The van der Waals surface area contributed by atoms with Crippen LogP contribution in [-0.2, 0) is 4.79 Å². The number of benzene rings is 1. The van der Waals surface area contributed by atoms with Crippen LogP contribution in [0, 0.1) is 12.7 Å². The number of halogens is 1. The van der Waals surface area contributed by atoms with Crippen LogP contribution >= 0.6 is 0 Å². The minimum atomic E-state index is -1.16. The second-order valence-corrected chi connectivity index (χ2v) is 4.29. The summed E-state index contributed by atoms with van der Waals surface area (Å²) in [5.74, 6) is -0.612. The largest absolute Gasteiger partial charge is 0.390 e. The van der Waals surface area contributed by atoms with Gasteiger partial charge in [-0.2, -0.15) is 0 Å². The van der Waals surface area contributed by atoms with E-state index in [0.717, 1.165) is 0 Å². The first-order valence-electron chi connectivity index (χ1n) is 5.78. The third-order valence-corrected chi connectivity index (χ3v) is 2.72. The average Bonchev–Trinajstić information content (AvgIpc) is 2.31. The van der Waals surface area contributed by atoms with E-state index in [-0.39, 0.29) is 18.9 Å². The Kier molecular flexibility index (Phi) is 5.25. The minimum absolute atomic E-state index is 0.196. The van der Waals surface area contributed by atoms with Crippen molar-refractivity contribution in [3.63, 3.8) is 0 Å². The van der Waals surface area contributed by atoms with E-state index in [1.165, 1.54) is 13.0 Å². The van der Waals surface area contributed by atoms with Gasteiger partial charge in [0.05, 0.1) is 6.10 Å². The molecule has 5 heteroatoms. The Balaban J connectivity index is 2.59. The lowest BCUT2D eigenvalue weighted by atomic mass is 10.0. The summed E-state index contributed by atoms with van der Waals surface area (Å²) in [5.41, 5.74) is 0.812. The van der Waals surface area contributed by atoms with Crippen LogP contribution in [0.3, 0.4) is 0 Å². The predicted octanol–water partition coefficient (Wildman–Crippen LogP) is 1.05. The summed E-state index contributed by atoms with van der Waals surface area (Å²) in [7, 11) is 0. The second kappa shape index (κ2) is 6.47. The molecule has 0 bridgehead atoms. The van der Waals surface area contributed by atoms with Crippen LogP contribution < -0.4 is 5.32 Å². The van der Waals surface area contributed by atoms with Gasteiger partial charge in [0.15, 0.2) is 0 Å². The molecule has 0 saturated heterocycles. The third-order valence-electron chi connectivity index (χ3n) is 2.72. The van der Waals surface area contributed by atoms with Crippen LogP contribution in [0.5, 0.6) is 0 Å². The molecule has 2 atom stereocenters. The quantitative estimate of drug-likeness (QED) is 0.736. The van der Waals surface area contributed by atoms with Gasteiger partial charge in [-0.05, 0) is 30.5 Å². The highest BCUT2D eigenvalue weighted by Gasteiger charge is 2.18. The topological polar surface area (TPSA) is 69.6 Å². The molecule has 1 rings (SSSR count). The number of hydrogen-bond donors (Lipinski definition) is 3. The van der Waals surface area contributed by atoms with E-state index < -0.39 is 18.0 Å². The van der Waals surface area contributed by atoms with E-state index >= 15 is 0 Å². The van der Waals surface area contributed by atoms with Crippen molar-refractivity contribution in [3.05, 3.63) is 35.1 Å². The van der Waals surface area contributed by atoms with Crippen molar-refractivity contribution in [2.45, 2.75) is 32.5 Å². The molecule has 0 aliphatic carbocycles. The number of aliphatic hydroxyl groups is 2. The van der Waals surface area contributed by atoms with Gasteiger partial charge in [-0.15, -0.1) is 0 Å². The standard InChI is InChI=1S/C13H18FNO3/c1-8-3-4-10(7-11(8)14)13(18)12(17)5-6-15-9(2)16/h3-4,7,12-13,17-18H,5-6H2,1-2H3,(H,15,16). The molecule has 1 aromatic carbocycles. The highest BCUT2D eigenvalue weighted by atomic mass is 19.1. The maximum atomic E-state index is 13.3. The Hall–Kier alpha value is -1.46. The van der Waals surface area contributed by atoms with Crippen LogP contribution in [0.1, 0.15) is 30.6 Å². The van der Waals surface area contributed by atoms with E-state index in [4.69, 9.17) is 0 Å². The number of carbonyl (C=O) groups is 1. The molecule has 0 aliphatic rings. The summed E-state index contributed by atoms with van der Waals surface area (Å²) in [5, 5.41) is 22.1. The van der Waals surface area contributed by atoms with E-state index in [1.807, 2.05) is 0 Å². The molecule has 0 radical (unpaired) electrons. The summed E-state index contributed by atoms with van der Waals surface area (Å²) in [6.07, 6.45) is -2.00. The molecule has 1 aromatic rings. The van der Waals surface area contributed by atoms with Gasteiger partial charge in [-0.3, -0.25) is 4.79 Å². The van der Waals surface area contributed by atoms with E-state index in [9.17, 15) is 19.4 Å². The normalized spacial score (nSPS) is 14.1. The Labute approximate surface area is 105 Å². The van der Waals surface area contributed by atoms with Crippen LogP contribution in [0.25, 0.3) is 0 Å². The number of amides is 1. The molecule has 18 heavy (non-hydrogen) atoms. The van der Waals surface area contributed by atoms with Gasteiger partial charge in [0.1, 0.15) is 11.9 Å². The Morgan fingerprint density at radius 2 is 2.11 bits per heavy atom. The monoisotopic (exact) mass is 255 g/mol. The average molecular weight is 255 g/mol. The number of aliphatic hydroxyl groups excluding tert-OH is 2. The van der Waals surface area contributed by atoms with Crippen molar-refractivity contribution in [2.75, 3.05) is 6.54 Å². The van der Waals surface area contributed by atoms with Crippen molar-refractivity contribution in [3.8, 4) is 0 Å². The molecular weight excluding hydrogens is 237 g/mol. The van der Waals surface area contributed by atoms with Crippen molar-refractivity contribution < 1.29 is 19.4 Å². The number of carbonyl (C=O) groups excluding carboxylic acids is 1. The van der Waals surface area contributed by atoms with Crippen LogP contribution in [-0.4, -0.2) is 28.8 Å². The van der Waals surface area contributed by atoms with Crippen molar-refractivity contribution in [1.82, 2.24) is 5.32 Å². The molecule has 2 unspecified atom stereocenters. The predicted molar refractivity (Wildman–Crippen MR) is 65.4 cm³/mol. The maximum absolute atomic E-state index is 13.3. The zero-order valence-electron chi connectivity index (χ0n) is 10.5. The third kappa shape index (κ3) is 4.09. The Bertz CT molecular complexity index is 423. The van der Waals surface area contributed by atoms with Gasteiger partial charge < -0.3 is 15.5 Å². The first-order valence-corrected chi connectivity index (χ1v) is 5.78. The zero-order chi connectivity index (χ0) is 13.7. The summed E-state index contributed by atoms with van der Waals surface area (Å²) < 4.78 is 13.3. The molecule has 0 spiro atoms. The Morgan fingerprint density at radius 1 is 1.44 bits per heavy atom. The molecule has 3 N–H and O–H groups in total. The van der Waals surface area contributed by atoms with Gasteiger partial charge in [0, 0.05) is 13.5 Å². The van der Waals surface area contributed by atoms with Crippen molar-refractivity contribution in [2.24, 2.45) is 0 Å². The second-order valence-electron chi connectivity index (χ2n) is 4.29. The number of rotatable bonds is 5. The summed E-state index contributed by atoms with van der Waals surface area (Å²) in [6, 6.07) is 4.33. The fourth-order valence-electron chi connectivity index (χ4n) is 1.57. The number of nitrogens with one attached hydrogen (secondary N) is 1. The van der Waals surface area contributed by atoms with Gasteiger partial charge in [0.25, 0.3) is 0 Å². The maximum Gasteiger partial charge on any atom is 0.216 e. The summed E-state index contributed by atoms with van der Waals surface area (Å²) >= 11 is 0. The van der Waals surface area contributed by atoms with Crippen LogP contribution in [0.2, 0.25) is 0 Å². The van der Waals surface area contributed by atoms with E-state index in [0.29, 0.717) is 11.1 Å². The SMILES string of the molecule is CC(=O)NCCC(O)C(O)c1ccc(C)c(F)c1. The molecule has 0 fully saturated rings. The van der Waals surface area contributed by atoms with Gasteiger partial charge in [-0.1, -0.05) is 12.1 Å². The fraction of sp³-hybridized carbons (Fsp3) is 0.462. The molecule has 0 heterocycles.